The van der Waals surface area contributed by atoms with Gasteiger partial charge in [0.2, 0.25) is 0 Å². The lowest BCUT2D eigenvalue weighted by Gasteiger charge is -2.18. The van der Waals surface area contributed by atoms with Gasteiger partial charge in [-0.15, -0.1) is 0 Å². The first-order valence-electron chi connectivity index (χ1n) is 29.5. The van der Waals surface area contributed by atoms with E-state index in [-0.39, 0.29) is 25.2 Å². The van der Waals surface area contributed by atoms with Crippen molar-refractivity contribution in [2.45, 2.75) is 322 Å². The molecule has 0 aromatic heterocycles. The van der Waals surface area contributed by atoms with Crippen molar-refractivity contribution in [2.75, 3.05) is 19.8 Å². The van der Waals surface area contributed by atoms with Crippen molar-refractivity contribution in [3.63, 3.8) is 0 Å². The third-order valence-electron chi connectivity index (χ3n) is 13.1. The molecule has 0 aliphatic rings. The van der Waals surface area contributed by atoms with Crippen molar-refractivity contribution < 1.29 is 23.8 Å². The number of allylic oxidation sites excluding steroid dienone is 6. The number of hydrogen-bond donors (Lipinski definition) is 0. The van der Waals surface area contributed by atoms with Gasteiger partial charge in [-0.2, -0.15) is 0 Å². The average molecular weight is 928 g/mol. The van der Waals surface area contributed by atoms with E-state index < -0.39 is 6.10 Å². The molecular formula is C61H114O5. The van der Waals surface area contributed by atoms with E-state index >= 15 is 0 Å². The van der Waals surface area contributed by atoms with Crippen molar-refractivity contribution >= 4 is 11.9 Å². The van der Waals surface area contributed by atoms with Gasteiger partial charge in [0.1, 0.15) is 6.61 Å². The maximum Gasteiger partial charge on any atom is 0.306 e. The van der Waals surface area contributed by atoms with Gasteiger partial charge in [-0.3, -0.25) is 9.59 Å². The Morgan fingerprint density at radius 3 is 1.06 bits per heavy atom. The van der Waals surface area contributed by atoms with Crippen LogP contribution >= 0.6 is 0 Å². The highest BCUT2D eigenvalue weighted by molar-refractivity contribution is 5.70. The summed E-state index contributed by atoms with van der Waals surface area (Å²) in [5.74, 6) is -0.393. The predicted octanol–water partition coefficient (Wildman–Crippen LogP) is 20.1. The number of hydrogen-bond acceptors (Lipinski definition) is 5. The zero-order chi connectivity index (χ0) is 47.7. The first kappa shape index (κ1) is 64.1. The monoisotopic (exact) mass is 927 g/mol. The van der Waals surface area contributed by atoms with E-state index in [0.29, 0.717) is 19.4 Å². The summed E-state index contributed by atoms with van der Waals surface area (Å²) < 4.78 is 17.5. The van der Waals surface area contributed by atoms with Crippen molar-refractivity contribution in [1.29, 1.82) is 0 Å². The van der Waals surface area contributed by atoms with Crippen molar-refractivity contribution in [1.82, 2.24) is 0 Å². The topological polar surface area (TPSA) is 61.8 Å². The zero-order valence-electron chi connectivity index (χ0n) is 44.7. The number of carbonyl (C=O) groups is 2. The standard InChI is InChI=1S/C61H114O5/c1-4-7-10-13-16-19-22-25-27-29-31-32-34-37-39-42-45-48-51-54-60(62)65-58-59(66-61(63)55-52-49-46-43-40-36-24-21-18-15-12-9-6-3)57-64-56-53-50-47-44-41-38-35-33-30-28-26-23-20-17-14-11-8-5-2/h16,19,21,24-25,27,59H,4-15,17-18,20,22-23,26,28-58H2,1-3H3/b19-16-,24-21-,27-25-. The van der Waals surface area contributed by atoms with Crippen LogP contribution in [0.1, 0.15) is 316 Å². The fraction of sp³-hybridized carbons (Fsp3) is 0.869. The van der Waals surface area contributed by atoms with E-state index in [0.717, 1.165) is 51.4 Å². The van der Waals surface area contributed by atoms with E-state index in [4.69, 9.17) is 14.2 Å². The first-order valence-corrected chi connectivity index (χ1v) is 29.5. The fourth-order valence-corrected chi connectivity index (χ4v) is 8.71. The number of ether oxygens (including phenoxy) is 3. The molecule has 388 valence electrons. The maximum absolute atomic E-state index is 12.8. The Morgan fingerprint density at radius 1 is 0.333 bits per heavy atom. The van der Waals surface area contributed by atoms with Crippen LogP contribution in [0, 0.1) is 0 Å². The fourth-order valence-electron chi connectivity index (χ4n) is 8.71. The van der Waals surface area contributed by atoms with Gasteiger partial charge >= 0.3 is 11.9 Å². The number of esters is 2. The Hall–Kier alpha value is -1.88. The quantitative estimate of drug-likeness (QED) is 0.0345. The van der Waals surface area contributed by atoms with Crippen LogP contribution in [0.4, 0.5) is 0 Å². The Balaban J connectivity index is 4.21. The van der Waals surface area contributed by atoms with E-state index in [1.165, 1.54) is 231 Å². The molecule has 0 saturated heterocycles. The summed E-state index contributed by atoms with van der Waals surface area (Å²) in [6.45, 7) is 7.84. The smallest absolute Gasteiger partial charge is 0.306 e. The molecule has 0 radical (unpaired) electrons. The largest absolute Gasteiger partial charge is 0.462 e. The highest BCUT2D eigenvalue weighted by Gasteiger charge is 2.17. The molecule has 0 rings (SSSR count). The maximum atomic E-state index is 12.8. The molecule has 0 saturated carbocycles. The summed E-state index contributed by atoms with van der Waals surface area (Å²) in [5, 5.41) is 0. The van der Waals surface area contributed by atoms with E-state index in [9.17, 15) is 9.59 Å². The lowest BCUT2D eigenvalue weighted by atomic mass is 10.0. The summed E-state index contributed by atoms with van der Waals surface area (Å²) in [6, 6.07) is 0. The van der Waals surface area contributed by atoms with E-state index in [1.807, 2.05) is 0 Å². The highest BCUT2D eigenvalue weighted by Crippen LogP contribution is 2.16. The second-order valence-corrected chi connectivity index (χ2v) is 19.9. The second kappa shape index (κ2) is 57.4. The summed E-state index contributed by atoms with van der Waals surface area (Å²) in [6.07, 6.45) is 70.2. The Bertz CT molecular complexity index is 1050. The molecule has 5 nitrogen and oxygen atoms in total. The Kier molecular flexibility index (Phi) is 55.8. The van der Waals surface area contributed by atoms with Gasteiger partial charge in [0.05, 0.1) is 6.61 Å². The molecule has 0 aliphatic heterocycles. The molecule has 0 aliphatic carbocycles. The van der Waals surface area contributed by atoms with E-state index in [2.05, 4.69) is 57.2 Å². The van der Waals surface area contributed by atoms with Crippen LogP contribution in [-0.2, 0) is 23.8 Å². The molecule has 0 N–H and O–H groups in total. The van der Waals surface area contributed by atoms with Crippen molar-refractivity contribution in [2.24, 2.45) is 0 Å². The Labute approximate surface area is 412 Å². The van der Waals surface area contributed by atoms with Gasteiger partial charge in [0.15, 0.2) is 6.10 Å². The summed E-state index contributed by atoms with van der Waals surface area (Å²) in [7, 11) is 0. The Morgan fingerprint density at radius 2 is 0.636 bits per heavy atom. The number of unbranched alkanes of at least 4 members (excludes halogenated alkanes) is 38. The van der Waals surface area contributed by atoms with Crippen LogP contribution in [0.25, 0.3) is 0 Å². The predicted molar refractivity (Wildman–Crippen MR) is 288 cm³/mol. The summed E-state index contributed by atoms with van der Waals surface area (Å²) in [4.78, 5) is 25.5. The van der Waals surface area contributed by atoms with Crippen molar-refractivity contribution in [3.8, 4) is 0 Å². The minimum Gasteiger partial charge on any atom is -0.462 e. The molecule has 1 unspecified atom stereocenters. The molecule has 5 heteroatoms. The van der Waals surface area contributed by atoms with Crippen LogP contribution in [0.2, 0.25) is 0 Å². The lowest BCUT2D eigenvalue weighted by molar-refractivity contribution is -0.163. The van der Waals surface area contributed by atoms with Crippen LogP contribution < -0.4 is 0 Å². The van der Waals surface area contributed by atoms with Crippen molar-refractivity contribution in [3.05, 3.63) is 36.5 Å². The minimum atomic E-state index is -0.538. The molecule has 66 heavy (non-hydrogen) atoms. The third kappa shape index (κ3) is 54.7. The number of rotatable bonds is 55. The second-order valence-electron chi connectivity index (χ2n) is 19.9. The molecule has 0 bridgehead atoms. The van der Waals surface area contributed by atoms with E-state index in [1.54, 1.807) is 0 Å². The zero-order valence-corrected chi connectivity index (χ0v) is 44.7. The summed E-state index contributed by atoms with van der Waals surface area (Å²) >= 11 is 0. The van der Waals surface area contributed by atoms with Gasteiger partial charge in [-0.05, 0) is 77.0 Å². The lowest BCUT2D eigenvalue weighted by Crippen LogP contribution is -2.30. The van der Waals surface area contributed by atoms with Crippen LogP contribution in [0.5, 0.6) is 0 Å². The molecule has 0 fully saturated rings. The normalized spacial score (nSPS) is 12.3. The molecule has 1 atom stereocenters. The summed E-state index contributed by atoms with van der Waals surface area (Å²) in [5.41, 5.74) is 0. The van der Waals surface area contributed by atoms with Gasteiger partial charge < -0.3 is 14.2 Å². The average Bonchev–Trinajstić information content (AvgIpc) is 3.32. The molecule has 0 spiro atoms. The molecular weight excluding hydrogens is 813 g/mol. The van der Waals surface area contributed by atoms with Crippen LogP contribution in [-0.4, -0.2) is 37.9 Å². The van der Waals surface area contributed by atoms with Crippen LogP contribution in [0.3, 0.4) is 0 Å². The van der Waals surface area contributed by atoms with Gasteiger partial charge in [0.25, 0.3) is 0 Å². The molecule has 0 aromatic carbocycles. The first-order chi connectivity index (χ1) is 32.6. The third-order valence-corrected chi connectivity index (χ3v) is 13.1. The number of carbonyl (C=O) groups excluding carboxylic acids is 2. The van der Waals surface area contributed by atoms with Crippen LogP contribution in [0.15, 0.2) is 36.5 Å². The van der Waals surface area contributed by atoms with Gasteiger partial charge in [0, 0.05) is 19.4 Å². The SMILES string of the molecule is CCCCC/C=C\C/C=C\CCCCCCCCCCCC(=O)OCC(COCCCCCCCCCCCCCCCCCCCC)OC(=O)CCCCCCC/C=C\CCCCCC. The molecule has 0 amide bonds. The molecule has 0 heterocycles. The molecule has 0 aromatic rings. The van der Waals surface area contributed by atoms with Gasteiger partial charge in [-0.25, -0.2) is 0 Å². The highest BCUT2D eigenvalue weighted by atomic mass is 16.6. The minimum absolute atomic E-state index is 0.0851. The van der Waals surface area contributed by atoms with Gasteiger partial charge in [-0.1, -0.05) is 263 Å².